The van der Waals surface area contributed by atoms with Gasteiger partial charge >= 0.3 is 0 Å². The van der Waals surface area contributed by atoms with E-state index >= 15 is 0 Å². The minimum atomic E-state index is -3.48. The summed E-state index contributed by atoms with van der Waals surface area (Å²) in [5.74, 6) is 0.121. The summed E-state index contributed by atoms with van der Waals surface area (Å²) >= 11 is 6.31. The lowest BCUT2D eigenvalue weighted by Crippen LogP contribution is -2.24. The Balaban J connectivity index is 1.80. The van der Waals surface area contributed by atoms with Crippen molar-refractivity contribution in [3.05, 3.63) is 53.1 Å². The Morgan fingerprint density at radius 3 is 2.19 bits per heavy atom. The number of benzene rings is 2. The summed E-state index contributed by atoms with van der Waals surface area (Å²) < 4.78 is 25.6. The monoisotopic (exact) mass is 406 g/mol. The first-order valence-corrected chi connectivity index (χ1v) is 11.1. The molecule has 3 rings (SSSR count). The van der Waals surface area contributed by atoms with Crippen LogP contribution < -0.4 is 0 Å². The van der Waals surface area contributed by atoms with Gasteiger partial charge in [0.05, 0.1) is 21.8 Å². The zero-order valence-electron chi connectivity index (χ0n) is 15.2. The molecule has 4 nitrogen and oxygen atoms in total. The summed E-state index contributed by atoms with van der Waals surface area (Å²) in [5.41, 5.74) is 2.30. The number of carbonyl (C=O) groups excluding carboxylic acids is 1. The molecule has 2 aromatic rings. The van der Waals surface area contributed by atoms with Crippen molar-refractivity contribution in [3.63, 3.8) is 0 Å². The Bertz CT molecular complexity index is 927. The number of rotatable bonds is 5. The second kappa shape index (κ2) is 8.13. The fraction of sp³-hybridized carbons (Fsp3) is 0.381. The second-order valence-electron chi connectivity index (χ2n) is 7.23. The average molecular weight is 407 g/mol. The minimum absolute atomic E-state index is 0.00347. The third-order valence-corrected chi connectivity index (χ3v) is 7.52. The molecule has 1 saturated carbocycles. The fourth-order valence-corrected chi connectivity index (χ4v) is 5.84. The van der Waals surface area contributed by atoms with E-state index in [0.717, 1.165) is 24.0 Å². The molecule has 0 heterocycles. The van der Waals surface area contributed by atoms with Crippen LogP contribution >= 0.6 is 11.6 Å². The van der Waals surface area contributed by atoms with Crippen LogP contribution in [0, 0.1) is 5.92 Å². The molecule has 0 atom stereocenters. The van der Waals surface area contributed by atoms with E-state index in [4.69, 9.17) is 11.6 Å². The van der Waals surface area contributed by atoms with Crippen molar-refractivity contribution < 1.29 is 18.3 Å². The highest BCUT2D eigenvalue weighted by Crippen LogP contribution is 2.32. The van der Waals surface area contributed by atoms with Gasteiger partial charge in [-0.25, -0.2) is 8.42 Å². The van der Waals surface area contributed by atoms with Gasteiger partial charge in [0.2, 0.25) is 0 Å². The molecule has 0 bridgehead atoms. The highest BCUT2D eigenvalue weighted by atomic mass is 35.5. The summed E-state index contributed by atoms with van der Waals surface area (Å²) in [6.45, 7) is 1.51. The largest absolute Gasteiger partial charge is 0.393 e. The smallest absolute Gasteiger partial charge is 0.180 e. The molecule has 1 N–H and O–H groups in total. The highest BCUT2D eigenvalue weighted by molar-refractivity contribution is 7.91. The van der Waals surface area contributed by atoms with Gasteiger partial charge in [0.25, 0.3) is 0 Å². The van der Waals surface area contributed by atoms with Crippen LogP contribution in [0.25, 0.3) is 11.1 Å². The zero-order chi connectivity index (χ0) is 19.6. The molecular formula is C21H23ClO4S. The van der Waals surface area contributed by atoms with Crippen LogP contribution in [0.15, 0.2) is 47.4 Å². The Morgan fingerprint density at radius 2 is 1.63 bits per heavy atom. The summed E-state index contributed by atoms with van der Waals surface area (Å²) in [5, 5.41) is 9.79. The van der Waals surface area contributed by atoms with Gasteiger partial charge in [-0.1, -0.05) is 41.9 Å². The molecule has 6 heteroatoms. The number of aliphatic hydroxyl groups is 1. The maximum Gasteiger partial charge on any atom is 0.180 e. The Hall–Kier alpha value is -1.69. The topological polar surface area (TPSA) is 71.4 Å². The van der Waals surface area contributed by atoms with Gasteiger partial charge in [-0.15, -0.1) is 0 Å². The maximum atomic E-state index is 12.8. The van der Waals surface area contributed by atoms with E-state index < -0.39 is 9.84 Å². The van der Waals surface area contributed by atoms with E-state index in [1.807, 2.05) is 12.1 Å². The van der Waals surface area contributed by atoms with Crippen molar-refractivity contribution in [3.8, 4) is 11.1 Å². The van der Waals surface area contributed by atoms with E-state index in [9.17, 15) is 18.3 Å². The lowest BCUT2D eigenvalue weighted by Gasteiger charge is -2.25. The first-order valence-electron chi connectivity index (χ1n) is 9.08. The number of hydrogen-bond acceptors (Lipinski definition) is 4. The second-order valence-corrected chi connectivity index (χ2v) is 9.64. The lowest BCUT2D eigenvalue weighted by molar-refractivity contribution is 0.101. The predicted octanol–water partition coefficient (Wildman–Crippen LogP) is 4.53. The van der Waals surface area contributed by atoms with Crippen LogP contribution in [0.2, 0.25) is 5.02 Å². The van der Waals surface area contributed by atoms with E-state index in [1.165, 1.54) is 6.92 Å². The fourth-order valence-electron chi connectivity index (χ4n) is 3.54. The highest BCUT2D eigenvalue weighted by Gasteiger charge is 2.27. The van der Waals surface area contributed by atoms with Crippen molar-refractivity contribution in [2.75, 3.05) is 5.75 Å². The number of Topliss-reactive ketones (excluding diaryl/α,β-unsaturated/α-hetero) is 1. The zero-order valence-corrected chi connectivity index (χ0v) is 16.8. The van der Waals surface area contributed by atoms with Crippen LogP contribution in [-0.4, -0.2) is 31.2 Å². The normalized spacial score (nSPS) is 20.4. The van der Waals surface area contributed by atoms with Crippen molar-refractivity contribution in [1.82, 2.24) is 0 Å². The van der Waals surface area contributed by atoms with Crippen molar-refractivity contribution in [1.29, 1.82) is 0 Å². The van der Waals surface area contributed by atoms with E-state index in [-0.39, 0.29) is 33.5 Å². The van der Waals surface area contributed by atoms with Gasteiger partial charge in [0.15, 0.2) is 15.6 Å². The molecule has 144 valence electrons. The van der Waals surface area contributed by atoms with Gasteiger partial charge in [-0.05, 0) is 61.8 Å². The molecule has 0 aliphatic heterocycles. The number of hydrogen-bond donors (Lipinski definition) is 1. The predicted molar refractivity (Wildman–Crippen MR) is 107 cm³/mol. The van der Waals surface area contributed by atoms with Crippen LogP contribution in [0.4, 0.5) is 0 Å². The van der Waals surface area contributed by atoms with Gasteiger partial charge in [0.1, 0.15) is 0 Å². The van der Waals surface area contributed by atoms with Crippen LogP contribution in [0.3, 0.4) is 0 Å². The third-order valence-electron chi connectivity index (χ3n) is 5.16. The molecule has 0 radical (unpaired) electrons. The van der Waals surface area contributed by atoms with E-state index in [1.54, 1.807) is 30.3 Å². The Morgan fingerprint density at radius 1 is 1.04 bits per heavy atom. The first-order chi connectivity index (χ1) is 12.8. The van der Waals surface area contributed by atoms with Crippen molar-refractivity contribution >= 4 is 27.2 Å². The van der Waals surface area contributed by atoms with Gasteiger partial charge in [0, 0.05) is 5.56 Å². The van der Waals surface area contributed by atoms with Gasteiger partial charge in [-0.3, -0.25) is 4.79 Å². The number of aliphatic hydroxyl groups excluding tert-OH is 1. The quantitative estimate of drug-likeness (QED) is 0.740. The number of halogens is 1. The van der Waals surface area contributed by atoms with Crippen molar-refractivity contribution in [2.24, 2.45) is 5.92 Å². The summed E-state index contributed by atoms with van der Waals surface area (Å²) in [4.78, 5) is 11.5. The molecule has 0 aromatic heterocycles. The number of ketones is 1. The standard InChI is InChI=1S/C21H23ClO4S/c1-14(23)16-4-6-17(7-5-16)18-8-11-21(20(22)12-18)27(25,26)13-15-2-9-19(24)10-3-15/h4-8,11-12,15,19,24H,2-3,9-10,13H2,1H3. The lowest BCUT2D eigenvalue weighted by atomic mass is 9.89. The maximum absolute atomic E-state index is 12.8. The summed E-state index contributed by atoms with van der Waals surface area (Å²) in [6.07, 6.45) is 2.45. The molecule has 0 saturated heterocycles. The van der Waals surface area contributed by atoms with Gasteiger partial charge < -0.3 is 5.11 Å². The van der Waals surface area contributed by atoms with Crippen molar-refractivity contribution in [2.45, 2.75) is 43.6 Å². The summed E-state index contributed by atoms with van der Waals surface area (Å²) in [6, 6.07) is 12.1. The molecule has 1 fully saturated rings. The van der Waals surface area contributed by atoms with Crippen LogP contribution in [0.5, 0.6) is 0 Å². The SMILES string of the molecule is CC(=O)c1ccc(-c2ccc(S(=O)(=O)CC3CCC(O)CC3)c(Cl)c2)cc1. The van der Waals surface area contributed by atoms with E-state index in [2.05, 4.69) is 0 Å². The molecule has 0 unspecified atom stereocenters. The van der Waals surface area contributed by atoms with Gasteiger partial charge in [-0.2, -0.15) is 0 Å². The number of sulfone groups is 1. The van der Waals surface area contributed by atoms with E-state index in [0.29, 0.717) is 18.4 Å². The first kappa shape index (κ1) is 20.1. The molecule has 1 aliphatic carbocycles. The Kier molecular flexibility index (Phi) is 6.04. The van der Waals surface area contributed by atoms with Crippen LogP contribution in [-0.2, 0) is 9.84 Å². The minimum Gasteiger partial charge on any atom is -0.393 e. The third kappa shape index (κ3) is 4.78. The average Bonchev–Trinajstić information content (AvgIpc) is 2.63. The molecular weight excluding hydrogens is 384 g/mol. The molecule has 1 aliphatic rings. The molecule has 27 heavy (non-hydrogen) atoms. The molecule has 2 aromatic carbocycles. The Labute approximate surface area is 165 Å². The number of carbonyl (C=O) groups is 1. The molecule has 0 spiro atoms. The summed E-state index contributed by atoms with van der Waals surface area (Å²) in [7, 11) is -3.48. The van der Waals surface area contributed by atoms with Crippen LogP contribution in [0.1, 0.15) is 43.0 Å². The molecule has 0 amide bonds.